The monoisotopic (exact) mass is 1430 g/mol. The Morgan fingerprint density at radius 3 is 1.45 bits per heavy atom. The highest BCUT2D eigenvalue weighted by Crippen LogP contribution is 2.36. The van der Waals surface area contributed by atoms with Crippen LogP contribution < -0.4 is 43.9 Å². The number of ether oxygens (including phenoxy) is 4. The molecular weight excluding hydrogens is 1390 g/mol. The van der Waals surface area contributed by atoms with Crippen molar-refractivity contribution in [3.05, 3.63) is 252 Å². The van der Waals surface area contributed by atoms with Crippen molar-refractivity contribution >= 4 is 85.4 Å². The fraction of sp³-hybridized carbons (Fsp3) is 0.0968. The summed E-state index contributed by atoms with van der Waals surface area (Å²) in [7, 11) is -3.38. The predicted octanol–water partition coefficient (Wildman–Crippen LogP) is 12.6. The van der Waals surface area contributed by atoms with Gasteiger partial charge < -0.3 is 28.4 Å². The van der Waals surface area contributed by atoms with Crippen LogP contribution in [-0.2, 0) is 33.2 Å². The number of nitrogens with zero attached hydrogens (tertiary/aromatic N) is 7. The SMILES string of the molecule is COc1cc(Br)c(F)cc1-n1c(=O)ccc2cc(S(=O)(=O)Oc3c(F)c(F)c(F)c(F)c3F)ccc21.COc1ccc(CN(c2cccnn2)S(=O)(=O)c2ccc3c(ccc(=O)n3-c3cc(F)c(Br)cc3OC)c2)cc1.COc1ccc(CNc2cccnn2)cc1. The van der Waals surface area contributed by atoms with Crippen LogP contribution in [0, 0.1) is 40.7 Å². The maximum absolute atomic E-state index is 14.5. The third-order valence-electron chi connectivity index (χ3n) is 13.4. The summed E-state index contributed by atoms with van der Waals surface area (Å²) in [5.41, 5.74) is 1.38. The smallest absolute Gasteiger partial charge is 0.339 e. The first-order chi connectivity index (χ1) is 44.0. The van der Waals surface area contributed by atoms with E-state index in [0.29, 0.717) is 22.2 Å². The number of pyridine rings is 2. The lowest BCUT2D eigenvalue weighted by atomic mass is 10.2. The van der Waals surface area contributed by atoms with E-state index in [2.05, 4.69) is 61.8 Å². The molecule has 0 aliphatic rings. The van der Waals surface area contributed by atoms with Crippen LogP contribution in [0.4, 0.5) is 42.4 Å². The summed E-state index contributed by atoms with van der Waals surface area (Å²) in [5.74, 6) is -12.8. The number of halogens is 9. The van der Waals surface area contributed by atoms with Crippen molar-refractivity contribution in [1.29, 1.82) is 0 Å². The molecule has 0 aliphatic carbocycles. The van der Waals surface area contributed by atoms with Crippen molar-refractivity contribution in [2.75, 3.05) is 38.1 Å². The summed E-state index contributed by atoms with van der Waals surface area (Å²) < 4.78 is 179. The highest BCUT2D eigenvalue weighted by atomic mass is 79.9. The summed E-state index contributed by atoms with van der Waals surface area (Å²) in [6.45, 7) is 0.709. The first-order valence-corrected chi connectivity index (χ1v) is 30.8. The van der Waals surface area contributed by atoms with Crippen LogP contribution in [0.3, 0.4) is 0 Å². The molecule has 0 saturated carbocycles. The van der Waals surface area contributed by atoms with Crippen LogP contribution in [0.5, 0.6) is 28.7 Å². The van der Waals surface area contributed by atoms with Gasteiger partial charge in [0.05, 0.1) is 71.2 Å². The van der Waals surface area contributed by atoms with E-state index in [1.54, 1.807) is 56.8 Å². The molecule has 0 unspecified atom stereocenters. The number of hydrogen-bond acceptors (Lipinski definition) is 16. The zero-order chi connectivity index (χ0) is 66.2. The van der Waals surface area contributed by atoms with Gasteiger partial charge in [-0.3, -0.25) is 18.7 Å². The van der Waals surface area contributed by atoms with Crippen molar-refractivity contribution in [2.24, 2.45) is 0 Å². The maximum atomic E-state index is 14.5. The molecule has 92 heavy (non-hydrogen) atoms. The molecule has 0 atom stereocenters. The van der Waals surface area contributed by atoms with Crippen molar-refractivity contribution in [3.63, 3.8) is 0 Å². The predicted molar refractivity (Wildman–Crippen MR) is 332 cm³/mol. The van der Waals surface area contributed by atoms with Crippen LogP contribution in [0.2, 0.25) is 0 Å². The van der Waals surface area contributed by atoms with Crippen molar-refractivity contribution in [3.8, 4) is 40.1 Å². The molecule has 4 heterocycles. The summed E-state index contributed by atoms with van der Waals surface area (Å²) in [6, 6.07) is 39.0. The van der Waals surface area contributed by atoms with Gasteiger partial charge in [0.2, 0.25) is 34.8 Å². The number of sulfonamides is 1. The fourth-order valence-electron chi connectivity index (χ4n) is 8.86. The number of methoxy groups -OCH3 is 4. The van der Waals surface area contributed by atoms with E-state index in [1.165, 1.54) is 85.1 Å². The molecule has 0 fully saturated rings. The highest BCUT2D eigenvalue weighted by Gasteiger charge is 2.32. The standard InChI is InChI=1S/C28H22BrFN4O5S.C22H10BrF6NO5S.C12H13N3O/c1-38-20-8-5-18(6-9-20)17-33(27-4-3-13-31-32-27)40(36,37)21-10-11-24-19(14-21)7-12-28(35)34(24)25-16-23(30)22(29)15-26(25)39-2;1-34-15-7-11(23)12(24)8-14(15)30-13-4-3-10(6-9(13)2-5-16(30)31)36(32,33)35-22-20(28)18(26)17(25)19(27)21(22)29;1-16-11-6-4-10(5-7-11)9-13-12-3-2-8-14-15-12/h3-16H,17H2,1-2H3;2-8H,1H3;2-8H,9H2,1H3,(H,13,15). The van der Waals surface area contributed by atoms with Crippen molar-refractivity contribution in [2.45, 2.75) is 22.9 Å². The molecule has 30 heteroatoms. The summed E-state index contributed by atoms with van der Waals surface area (Å²) in [4.78, 5) is 24.8. The number of benzene rings is 7. The second-order valence-corrected chi connectivity index (χ2v) is 24.1. The molecule has 0 aliphatic heterocycles. The Hall–Kier alpha value is -9.91. The third-order valence-corrected chi connectivity index (χ3v) is 17.6. The summed E-state index contributed by atoms with van der Waals surface area (Å²) >= 11 is 6.13. The zero-order valence-corrected chi connectivity index (χ0v) is 52.7. The molecule has 0 spiro atoms. The highest BCUT2D eigenvalue weighted by molar-refractivity contribution is 9.10. The maximum Gasteiger partial charge on any atom is 0.339 e. The first kappa shape index (κ1) is 66.5. The Morgan fingerprint density at radius 2 is 0.978 bits per heavy atom. The molecule has 474 valence electrons. The minimum absolute atomic E-state index is 0.0159. The van der Waals surface area contributed by atoms with Gasteiger partial charge in [-0.1, -0.05) is 24.3 Å². The molecular formula is C62H45Br2F7N8O11S2. The Kier molecular flexibility index (Phi) is 20.6. The van der Waals surface area contributed by atoms with Gasteiger partial charge in [-0.05, 0) is 152 Å². The molecule has 0 bridgehead atoms. The average molecular weight is 1440 g/mol. The van der Waals surface area contributed by atoms with Crippen molar-refractivity contribution in [1.82, 2.24) is 29.5 Å². The van der Waals surface area contributed by atoms with Gasteiger partial charge in [0.25, 0.3) is 21.1 Å². The topological polar surface area (TPSA) is 225 Å². The molecule has 7 aromatic carbocycles. The molecule has 4 aromatic heterocycles. The Labute approximate surface area is 535 Å². The van der Waals surface area contributed by atoms with Gasteiger partial charge in [0, 0.05) is 54.0 Å². The molecule has 19 nitrogen and oxygen atoms in total. The molecule has 1 N–H and O–H groups in total. The second-order valence-electron chi connectivity index (χ2n) is 19.0. The van der Waals surface area contributed by atoms with Crippen LogP contribution in [0.25, 0.3) is 33.2 Å². The number of rotatable bonds is 17. The van der Waals surface area contributed by atoms with Crippen LogP contribution in [-0.4, -0.2) is 74.8 Å². The lowest BCUT2D eigenvalue weighted by Crippen LogP contribution is -2.31. The molecule has 0 saturated heterocycles. The minimum Gasteiger partial charge on any atom is -0.497 e. The van der Waals surface area contributed by atoms with E-state index in [1.807, 2.05) is 36.4 Å². The number of nitrogens with one attached hydrogen (secondary N) is 1. The molecule has 11 aromatic rings. The number of aromatic nitrogens is 6. The zero-order valence-electron chi connectivity index (χ0n) is 47.9. The number of fused-ring (bicyclic) bond motifs is 2. The lowest BCUT2D eigenvalue weighted by molar-refractivity contribution is 0.346. The first-order valence-electron chi connectivity index (χ1n) is 26.4. The van der Waals surface area contributed by atoms with E-state index in [4.69, 9.17) is 18.9 Å². The molecule has 11 rings (SSSR count). The van der Waals surface area contributed by atoms with Gasteiger partial charge in [-0.25, -0.2) is 34.7 Å². The summed E-state index contributed by atoms with van der Waals surface area (Å²) in [6.07, 6.45) is 3.11. The number of hydrogen-bond donors (Lipinski definition) is 1. The van der Waals surface area contributed by atoms with Gasteiger partial charge in [0.15, 0.2) is 5.82 Å². The van der Waals surface area contributed by atoms with Crippen LogP contribution in [0.1, 0.15) is 11.1 Å². The summed E-state index contributed by atoms with van der Waals surface area (Å²) in [5, 5.41) is 19.3. The Bertz CT molecular complexity index is 4890. The molecule has 0 radical (unpaired) electrons. The van der Waals surface area contributed by atoms with E-state index in [9.17, 15) is 57.2 Å². The molecule has 0 amide bonds. The van der Waals surface area contributed by atoms with Gasteiger partial charge in [0.1, 0.15) is 45.3 Å². The van der Waals surface area contributed by atoms with Crippen LogP contribution >= 0.6 is 31.9 Å². The quantitative estimate of drug-likeness (QED) is 0.0387. The second kappa shape index (κ2) is 28.5. The van der Waals surface area contributed by atoms with Gasteiger partial charge in [-0.2, -0.15) is 27.4 Å². The van der Waals surface area contributed by atoms with E-state index >= 15 is 0 Å². The van der Waals surface area contributed by atoms with Crippen molar-refractivity contribution < 1.29 is 70.7 Å². The van der Waals surface area contributed by atoms with E-state index in [-0.39, 0.29) is 60.0 Å². The fourth-order valence-corrected chi connectivity index (χ4v) is 11.9. The van der Waals surface area contributed by atoms with E-state index < -0.39 is 82.6 Å². The largest absolute Gasteiger partial charge is 0.497 e. The average Bonchev–Trinajstić information content (AvgIpc) is 0.793. The minimum atomic E-state index is -5.12. The normalized spacial score (nSPS) is 11.2. The number of anilines is 2. The van der Waals surface area contributed by atoms with E-state index in [0.717, 1.165) is 57.3 Å². The Morgan fingerprint density at radius 1 is 0.511 bits per heavy atom. The lowest BCUT2D eigenvalue weighted by Gasteiger charge is -2.23. The Balaban J connectivity index is 0.000000177. The third kappa shape index (κ3) is 14.5. The van der Waals surface area contributed by atoms with Gasteiger partial charge in [-0.15, -0.1) is 10.2 Å². The van der Waals surface area contributed by atoms with Gasteiger partial charge >= 0.3 is 10.1 Å². The van der Waals surface area contributed by atoms with Crippen LogP contribution in [0.15, 0.2) is 198 Å².